The SMILES string of the molecule is O=C(O[C@@H](Cc1c(Cl)c[n+]([O-])cc1Cl)c1ccc(OC(F)F)c(OCC2CC2)c1)c1cccc(CN(C(=O)O[C@H]2CN3CCC2CC3)c2ccccc2)c1. The van der Waals surface area contributed by atoms with Gasteiger partial charge < -0.3 is 24.2 Å². The maximum atomic E-state index is 13.9. The van der Waals surface area contributed by atoms with Gasteiger partial charge in [0, 0.05) is 24.2 Å². The third kappa shape index (κ3) is 9.34. The van der Waals surface area contributed by atoms with Gasteiger partial charge in [0.2, 0.25) is 0 Å². The van der Waals surface area contributed by atoms with Crippen LogP contribution in [-0.2, 0) is 22.4 Å². The predicted molar refractivity (Wildman–Crippen MR) is 197 cm³/mol. The van der Waals surface area contributed by atoms with Crippen molar-refractivity contribution in [2.75, 3.05) is 31.1 Å². The second-order valence-electron chi connectivity index (χ2n) is 13.9. The summed E-state index contributed by atoms with van der Waals surface area (Å²) in [7, 11) is 0. The highest BCUT2D eigenvalue weighted by Crippen LogP contribution is 2.38. The molecule has 1 aliphatic carbocycles. The lowest BCUT2D eigenvalue weighted by molar-refractivity contribution is -0.605. The van der Waals surface area contributed by atoms with E-state index in [1.165, 1.54) is 18.2 Å². The zero-order valence-corrected chi connectivity index (χ0v) is 30.8. The number of amides is 1. The van der Waals surface area contributed by atoms with Crippen LogP contribution in [-0.4, -0.2) is 55.9 Å². The Kier molecular flexibility index (Phi) is 11.7. The zero-order valence-electron chi connectivity index (χ0n) is 29.3. The first-order valence-corrected chi connectivity index (χ1v) is 18.7. The largest absolute Gasteiger partial charge is 0.619 e. The lowest BCUT2D eigenvalue weighted by Crippen LogP contribution is -2.53. The van der Waals surface area contributed by atoms with Crippen LogP contribution in [0.25, 0.3) is 0 Å². The summed E-state index contributed by atoms with van der Waals surface area (Å²) in [5.74, 6) is -0.159. The van der Waals surface area contributed by atoms with Gasteiger partial charge in [0.1, 0.15) is 22.3 Å². The molecule has 4 aromatic rings. The normalized spacial score (nSPS) is 19.6. The van der Waals surface area contributed by atoms with E-state index in [1.54, 1.807) is 29.2 Å². The van der Waals surface area contributed by atoms with Crippen molar-refractivity contribution in [2.45, 2.75) is 57.5 Å². The third-order valence-corrected chi connectivity index (χ3v) is 10.7. The number of nitrogens with zero attached hydrogens (tertiary/aromatic N) is 3. The number of carbonyl (C=O) groups is 2. The molecule has 14 heteroatoms. The number of fused-ring (bicyclic) bond motifs is 3. The van der Waals surface area contributed by atoms with Crippen molar-refractivity contribution >= 4 is 41.0 Å². The fourth-order valence-electron chi connectivity index (χ4n) is 6.94. The van der Waals surface area contributed by atoms with Crippen molar-refractivity contribution in [2.24, 2.45) is 11.8 Å². The molecule has 0 radical (unpaired) electrons. The molecule has 4 heterocycles. The van der Waals surface area contributed by atoms with E-state index in [2.05, 4.69) is 4.90 Å². The number of pyridine rings is 1. The Bertz CT molecular complexity index is 1940. The average molecular weight is 783 g/mol. The maximum Gasteiger partial charge on any atom is 0.414 e. The average Bonchev–Trinajstić information content (AvgIpc) is 4.00. The fourth-order valence-corrected chi connectivity index (χ4v) is 7.54. The minimum absolute atomic E-state index is 0.0505. The van der Waals surface area contributed by atoms with Crippen molar-refractivity contribution in [3.63, 3.8) is 0 Å². The van der Waals surface area contributed by atoms with Crippen molar-refractivity contribution in [1.82, 2.24) is 4.90 Å². The van der Waals surface area contributed by atoms with E-state index in [9.17, 15) is 23.6 Å². The van der Waals surface area contributed by atoms with Gasteiger partial charge in [0.05, 0.1) is 18.7 Å². The summed E-state index contributed by atoms with van der Waals surface area (Å²) in [6.07, 6.45) is 4.43. The van der Waals surface area contributed by atoms with E-state index in [0.29, 0.717) is 52.1 Å². The minimum Gasteiger partial charge on any atom is -0.619 e. The van der Waals surface area contributed by atoms with Gasteiger partial charge in [0.15, 0.2) is 23.9 Å². The molecule has 0 spiro atoms. The number of esters is 1. The van der Waals surface area contributed by atoms with Crippen molar-refractivity contribution in [3.05, 3.63) is 123 Å². The van der Waals surface area contributed by atoms with E-state index in [1.807, 2.05) is 30.3 Å². The van der Waals surface area contributed by atoms with Crippen LogP contribution in [0.1, 0.15) is 58.8 Å². The maximum absolute atomic E-state index is 13.9. The van der Waals surface area contributed by atoms with Gasteiger partial charge in [-0.05, 0) is 98.1 Å². The van der Waals surface area contributed by atoms with E-state index in [-0.39, 0.29) is 46.2 Å². The lowest BCUT2D eigenvalue weighted by Gasteiger charge is -2.44. The van der Waals surface area contributed by atoms with Crippen molar-refractivity contribution < 1.29 is 42.0 Å². The first-order valence-electron chi connectivity index (χ1n) is 17.9. The number of hydrogen-bond acceptors (Lipinski definition) is 8. The van der Waals surface area contributed by atoms with Crippen LogP contribution >= 0.6 is 23.2 Å². The molecule has 10 nitrogen and oxygen atoms in total. The van der Waals surface area contributed by atoms with E-state index < -0.39 is 24.8 Å². The molecule has 1 saturated carbocycles. The molecule has 4 aliphatic rings. The Morgan fingerprint density at radius 1 is 0.926 bits per heavy atom. The summed E-state index contributed by atoms with van der Waals surface area (Å²) < 4.78 is 49.9. The van der Waals surface area contributed by atoms with Gasteiger partial charge >= 0.3 is 18.7 Å². The molecular formula is C40H39Cl2F2N3O7. The number of hydrogen-bond donors (Lipinski definition) is 0. The molecule has 2 atom stereocenters. The number of para-hydroxylation sites is 1. The lowest BCUT2D eigenvalue weighted by atomic mass is 9.86. The Hall–Kier alpha value is -4.65. The number of halogens is 4. The second kappa shape index (κ2) is 16.8. The highest BCUT2D eigenvalue weighted by molar-refractivity contribution is 6.35. The molecule has 1 amide bonds. The molecule has 4 fully saturated rings. The van der Waals surface area contributed by atoms with E-state index >= 15 is 0 Å². The molecule has 2 bridgehead atoms. The predicted octanol–water partition coefficient (Wildman–Crippen LogP) is 8.40. The number of carbonyl (C=O) groups excluding carboxylic acids is 2. The first-order chi connectivity index (χ1) is 26.1. The minimum atomic E-state index is -3.08. The van der Waals surface area contributed by atoms with Crippen LogP contribution in [0.15, 0.2) is 85.2 Å². The van der Waals surface area contributed by atoms with Crippen LogP contribution in [0.5, 0.6) is 11.5 Å². The highest BCUT2D eigenvalue weighted by atomic mass is 35.5. The standard InChI is InChI=1S/C40H39Cl2F2N3O7/c41-32-21-46(50)22-33(42)31(32)19-35(28-11-12-34(53-39(43)44)36(18-28)51-24-25-9-10-25)52-38(48)29-6-4-5-26(17-29)20-47(30-7-2-1-3-8-30)40(49)54-37-23-45-15-13-27(37)14-16-45/h1-8,11-12,17-18,21-22,25,27,35,37,39H,9-10,13-16,19-20,23-24H2/t35-,37-/m0/s1. The summed E-state index contributed by atoms with van der Waals surface area (Å²) in [6.45, 7) is 0.0999. The number of anilines is 1. The molecule has 3 aromatic carbocycles. The summed E-state index contributed by atoms with van der Waals surface area (Å²) in [4.78, 5) is 31.6. The number of ether oxygens (including phenoxy) is 4. The van der Waals surface area contributed by atoms with E-state index in [0.717, 1.165) is 51.2 Å². The summed E-state index contributed by atoms with van der Waals surface area (Å²) in [5.41, 5.74) is 2.22. The first kappa shape index (κ1) is 37.7. The van der Waals surface area contributed by atoms with Gasteiger partial charge in [-0.3, -0.25) is 9.80 Å². The molecule has 8 rings (SSSR count). The molecule has 1 aromatic heterocycles. The second-order valence-corrected chi connectivity index (χ2v) is 14.7. The van der Waals surface area contributed by atoms with Gasteiger partial charge in [-0.15, -0.1) is 0 Å². The van der Waals surface area contributed by atoms with Crippen LogP contribution in [0, 0.1) is 17.0 Å². The smallest absolute Gasteiger partial charge is 0.414 e. The summed E-state index contributed by atoms with van der Waals surface area (Å²) in [5, 5.41) is 12.1. The summed E-state index contributed by atoms with van der Waals surface area (Å²) in [6, 6.07) is 20.3. The van der Waals surface area contributed by atoms with Crippen LogP contribution < -0.4 is 19.1 Å². The number of benzene rings is 3. The molecule has 0 unspecified atom stereocenters. The number of aromatic nitrogens is 1. The van der Waals surface area contributed by atoms with Crippen LogP contribution in [0.3, 0.4) is 0 Å². The summed E-state index contributed by atoms with van der Waals surface area (Å²) >= 11 is 12.9. The number of alkyl halides is 2. The zero-order chi connectivity index (χ0) is 37.8. The monoisotopic (exact) mass is 781 g/mol. The Balaban J connectivity index is 1.14. The third-order valence-electron chi connectivity index (χ3n) is 10.1. The molecular weight excluding hydrogens is 743 g/mol. The Morgan fingerprint density at radius 3 is 2.33 bits per heavy atom. The van der Waals surface area contributed by atoms with Crippen LogP contribution in [0.4, 0.5) is 19.3 Å². The van der Waals surface area contributed by atoms with Gasteiger partial charge in [-0.1, -0.05) is 59.6 Å². The van der Waals surface area contributed by atoms with Crippen molar-refractivity contribution in [3.8, 4) is 11.5 Å². The Morgan fingerprint density at radius 2 is 1.67 bits per heavy atom. The Labute approximate surface area is 321 Å². The molecule has 3 saturated heterocycles. The number of piperidine rings is 3. The topological polar surface area (TPSA) is 104 Å². The molecule has 284 valence electrons. The number of rotatable bonds is 14. The van der Waals surface area contributed by atoms with Crippen LogP contribution in [0.2, 0.25) is 10.0 Å². The van der Waals surface area contributed by atoms with E-state index in [4.69, 9.17) is 42.1 Å². The quantitative estimate of drug-likeness (QED) is 0.0714. The van der Waals surface area contributed by atoms with Gasteiger partial charge in [0.25, 0.3) is 0 Å². The van der Waals surface area contributed by atoms with Crippen molar-refractivity contribution in [1.29, 1.82) is 0 Å². The molecule has 0 N–H and O–H groups in total. The molecule has 54 heavy (non-hydrogen) atoms. The highest BCUT2D eigenvalue weighted by Gasteiger charge is 2.37. The fraction of sp³-hybridized carbons (Fsp3) is 0.375. The van der Waals surface area contributed by atoms with Gasteiger partial charge in [-0.25, -0.2) is 9.59 Å². The molecule has 3 aliphatic heterocycles. The van der Waals surface area contributed by atoms with Gasteiger partial charge in [-0.2, -0.15) is 13.5 Å².